The fraction of sp³-hybridized carbons (Fsp3) is 0.417. The topological polar surface area (TPSA) is 50.7 Å². The summed E-state index contributed by atoms with van der Waals surface area (Å²) in [6.45, 7) is 7.19. The van der Waals surface area contributed by atoms with Crippen LogP contribution in [0.5, 0.6) is 0 Å². The van der Waals surface area contributed by atoms with Gasteiger partial charge in [0.15, 0.2) is 0 Å². The van der Waals surface area contributed by atoms with Gasteiger partial charge >= 0.3 is 0 Å². The third-order valence-electron chi connectivity index (χ3n) is 2.36. The van der Waals surface area contributed by atoms with Crippen LogP contribution in [0, 0.1) is 6.92 Å². The smallest absolute Gasteiger partial charge is 0.142 e. The Bertz CT molecular complexity index is 479. The summed E-state index contributed by atoms with van der Waals surface area (Å²) in [4.78, 5) is 13.9. The van der Waals surface area contributed by atoms with E-state index in [1.54, 1.807) is 23.9 Å². The predicted molar refractivity (Wildman–Crippen MR) is 69.9 cm³/mol. The van der Waals surface area contributed by atoms with Crippen LogP contribution in [0.2, 0.25) is 0 Å². The van der Waals surface area contributed by atoms with Crippen LogP contribution in [0.4, 0.5) is 0 Å². The molecule has 4 nitrogen and oxygen atoms in total. The van der Waals surface area contributed by atoms with Crippen LogP contribution < -0.4 is 5.32 Å². The van der Waals surface area contributed by atoms with E-state index in [1.165, 1.54) is 4.88 Å². The third kappa shape index (κ3) is 3.08. The fourth-order valence-electron chi connectivity index (χ4n) is 1.42. The molecule has 0 atom stereocenters. The normalized spacial score (nSPS) is 11.1. The number of hydrogen-bond donors (Lipinski definition) is 1. The summed E-state index contributed by atoms with van der Waals surface area (Å²) in [5.41, 5.74) is 1.97. The number of aromatic nitrogens is 3. The molecule has 2 heterocycles. The molecule has 2 rings (SSSR count). The number of aryl methyl sites for hydroxylation is 1. The Morgan fingerprint density at radius 1 is 1.41 bits per heavy atom. The number of thiazole rings is 1. The lowest BCUT2D eigenvalue weighted by atomic mass is 10.3. The van der Waals surface area contributed by atoms with E-state index >= 15 is 0 Å². The zero-order chi connectivity index (χ0) is 12.3. The summed E-state index contributed by atoms with van der Waals surface area (Å²) in [7, 11) is 0. The van der Waals surface area contributed by atoms with E-state index in [4.69, 9.17) is 0 Å². The minimum Gasteiger partial charge on any atom is -0.310 e. The summed E-state index contributed by atoms with van der Waals surface area (Å²) >= 11 is 1.69. The van der Waals surface area contributed by atoms with Crippen LogP contribution >= 0.6 is 11.3 Å². The van der Waals surface area contributed by atoms with E-state index in [0.29, 0.717) is 6.04 Å². The van der Waals surface area contributed by atoms with Crippen LogP contribution in [-0.2, 0) is 6.54 Å². The molecule has 5 heteroatoms. The van der Waals surface area contributed by atoms with Crippen molar-refractivity contribution in [3.63, 3.8) is 0 Å². The number of nitrogens with zero attached hydrogens (tertiary/aromatic N) is 3. The SMILES string of the molecule is Cc1nc(-c2ccncn2)sc1CNC(C)C. The minimum absolute atomic E-state index is 0.485. The lowest BCUT2D eigenvalue weighted by molar-refractivity contribution is 0.591. The van der Waals surface area contributed by atoms with Crippen molar-refractivity contribution in [3.8, 4) is 10.7 Å². The largest absolute Gasteiger partial charge is 0.310 e. The van der Waals surface area contributed by atoms with Gasteiger partial charge in [0.25, 0.3) is 0 Å². The van der Waals surface area contributed by atoms with Crippen LogP contribution in [-0.4, -0.2) is 21.0 Å². The molecule has 0 aromatic carbocycles. The quantitative estimate of drug-likeness (QED) is 0.902. The van der Waals surface area contributed by atoms with Crippen molar-refractivity contribution in [1.82, 2.24) is 20.3 Å². The van der Waals surface area contributed by atoms with Gasteiger partial charge in [0.1, 0.15) is 17.0 Å². The lowest BCUT2D eigenvalue weighted by Crippen LogP contribution is -2.21. The monoisotopic (exact) mass is 248 g/mol. The summed E-state index contributed by atoms with van der Waals surface area (Å²) < 4.78 is 0. The summed E-state index contributed by atoms with van der Waals surface area (Å²) in [6.07, 6.45) is 3.29. The first-order valence-corrected chi connectivity index (χ1v) is 6.44. The summed E-state index contributed by atoms with van der Waals surface area (Å²) in [5.74, 6) is 0. The molecule has 17 heavy (non-hydrogen) atoms. The van der Waals surface area contributed by atoms with Gasteiger partial charge in [-0.25, -0.2) is 15.0 Å². The first kappa shape index (κ1) is 12.1. The van der Waals surface area contributed by atoms with Crippen molar-refractivity contribution in [2.75, 3.05) is 0 Å². The van der Waals surface area contributed by atoms with Crippen LogP contribution in [0.15, 0.2) is 18.6 Å². The maximum Gasteiger partial charge on any atom is 0.142 e. The van der Waals surface area contributed by atoms with Crippen molar-refractivity contribution in [3.05, 3.63) is 29.2 Å². The lowest BCUT2D eigenvalue weighted by Gasteiger charge is -2.05. The molecule has 0 spiro atoms. The van der Waals surface area contributed by atoms with Crippen molar-refractivity contribution in [2.45, 2.75) is 33.4 Å². The summed E-state index contributed by atoms with van der Waals surface area (Å²) in [5, 5.41) is 4.37. The highest BCUT2D eigenvalue weighted by Crippen LogP contribution is 2.25. The average molecular weight is 248 g/mol. The Morgan fingerprint density at radius 3 is 2.88 bits per heavy atom. The molecular weight excluding hydrogens is 232 g/mol. The van der Waals surface area contributed by atoms with Crippen molar-refractivity contribution in [1.29, 1.82) is 0 Å². The molecular formula is C12H16N4S. The molecule has 0 saturated heterocycles. The van der Waals surface area contributed by atoms with Crippen LogP contribution in [0.3, 0.4) is 0 Å². The van der Waals surface area contributed by atoms with Gasteiger partial charge in [-0.2, -0.15) is 0 Å². The van der Waals surface area contributed by atoms with Gasteiger partial charge in [-0.3, -0.25) is 0 Å². The zero-order valence-corrected chi connectivity index (χ0v) is 11.1. The van der Waals surface area contributed by atoms with E-state index in [9.17, 15) is 0 Å². The molecule has 0 aliphatic heterocycles. The van der Waals surface area contributed by atoms with Crippen LogP contribution in [0.1, 0.15) is 24.4 Å². The first-order chi connectivity index (χ1) is 8.16. The van der Waals surface area contributed by atoms with Crippen molar-refractivity contribution < 1.29 is 0 Å². The van der Waals surface area contributed by atoms with E-state index in [-0.39, 0.29) is 0 Å². The Kier molecular flexibility index (Phi) is 3.81. The highest BCUT2D eigenvalue weighted by molar-refractivity contribution is 7.15. The first-order valence-electron chi connectivity index (χ1n) is 5.63. The Balaban J connectivity index is 2.19. The second-order valence-electron chi connectivity index (χ2n) is 4.16. The van der Waals surface area contributed by atoms with Gasteiger partial charge in [0.2, 0.25) is 0 Å². The summed E-state index contributed by atoms with van der Waals surface area (Å²) in [6, 6.07) is 2.37. The van der Waals surface area contributed by atoms with Gasteiger partial charge in [-0.05, 0) is 13.0 Å². The standard InChI is InChI=1S/C12H16N4S/c1-8(2)14-6-11-9(3)16-12(17-11)10-4-5-13-7-15-10/h4-5,7-8,14H,6H2,1-3H3. The van der Waals surface area contributed by atoms with Crippen molar-refractivity contribution >= 4 is 11.3 Å². The van der Waals surface area contributed by atoms with Crippen LogP contribution in [0.25, 0.3) is 10.7 Å². The zero-order valence-electron chi connectivity index (χ0n) is 10.3. The van der Waals surface area contributed by atoms with E-state index < -0.39 is 0 Å². The molecule has 0 unspecified atom stereocenters. The Labute approximate surface area is 105 Å². The van der Waals surface area contributed by atoms with Gasteiger partial charge in [0, 0.05) is 23.7 Å². The number of rotatable bonds is 4. The molecule has 90 valence electrons. The van der Waals surface area contributed by atoms with E-state index in [0.717, 1.165) is 22.9 Å². The molecule has 2 aromatic heterocycles. The molecule has 1 N–H and O–H groups in total. The molecule has 0 aliphatic rings. The average Bonchev–Trinajstić information content (AvgIpc) is 2.69. The molecule has 0 amide bonds. The van der Waals surface area contributed by atoms with Gasteiger partial charge in [-0.1, -0.05) is 13.8 Å². The van der Waals surface area contributed by atoms with E-state index in [1.807, 2.05) is 13.0 Å². The van der Waals surface area contributed by atoms with Gasteiger partial charge in [0.05, 0.1) is 5.69 Å². The minimum atomic E-state index is 0.485. The highest BCUT2D eigenvalue weighted by atomic mass is 32.1. The van der Waals surface area contributed by atoms with Crippen molar-refractivity contribution in [2.24, 2.45) is 0 Å². The second kappa shape index (κ2) is 5.33. The Hall–Kier alpha value is -1.33. The van der Waals surface area contributed by atoms with E-state index in [2.05, 4.69) is 34.1 Å². The fourth-order valence-corrected chi connectivity index (χ4v) is 2.41. The second-order valence-corrected chi connectivity index (χ2v) is 5.24. The predicted octanol–water partition coefficient (Wildman–Crippen LogP) is 2.41. The van der Waals surface area contributed by atoms with Gasteiger partial charge in [-0.15, -0.1) is 11.3 Å². The molecule has 0 fully saturated rings. The maximum atomic E-state index is 4.55. The van der Waals surface area contributed by atoms with Gasteiger partial charge < -0.3 is 5.32 Å². The maximum absolute atomic E-state index is 4.55. The molecule has 0 bridgehead atoms. The Morgan fingerprint density at radius 2 is 2.24 bits per heavy atom. The molecule has 2 aromatic rings. The molecule has 0 aliphatic carbocycles. The number of hydrogen-bond acceptors (Lipinski definition) is 5. The molecule has 0 radical (unpaired) electrons. The third-order valence-corrected chi connectivity index (χ3v) is 3.54. The highest BCUT2D eigenvalue weighted by Gasteiger charge is 2.10. The number of nitrogens with one attached hydrogen (secondary N) is 1. The molecule has 0 saturated carbocycles.